The van der Waals surface area contributed by atoms with Crippen LogP contribution in [-0.2, 0) is 0 Å². The summed E-state index contributed by atoms with van der Waals surface area (Å²) in [6.45, 7) is 0.790. The SMILES string of the molecule is COc1csc(C(=O)N2CCC[C@@H]2CO)c1. The van der Waals surface area contributed by atoms with Gasteiger partial charge in [-0.05, 0) is 12.8 Å². The molecule has 4 nitrogen and oxygen atoms in total. The molecule has 2 heterocycles. The van der Waals surface area contributed by atoms with Crippen LogP contribution in [-0.4, -0.2) is 42.2 Å². The van der Waals surface area contributed by atoms with Gasteiger partial charge in [0.15, 0.2) is 0 Å². The van der Waals surface area contributed by atoms with Gasteiger partial charge in [-0.1, -0.05) is 0 Å². The zero-order chi connectivity index (χ0) is 11.5. The fourth-order valence-electron chi connectivity index (χ4n) is 1.97. The number of thiophene rings is 1. The number of aliphatic hydroxyl groups is 1. The average Bonchev–Trinajstić information content (AvgIpc) is 2.96. The van der Waals surface area contributed by atoms with Gasteiger partial charge in [0, 0.05) is 18.0 Å². The third-order valence-corrected chi connectivity index (χ3v) is 3.77. The van der Waals surface area contributed by atoms with Crippen molar-refractivity contribution in [2.75, 3.05) is 20.3 Å². The van der Waals surface area contributed by atoms with Crippen LogP contribution >= 0.6 is 11.3 Å². The molecule has 0 bridgehead atoms. The minimum Gasteiger partial charge on any atom is -0.496 e. The predicted molar refractivity (Wildman–Crippen MR) is 62.0 cm³/mol. The van der Waals surface area contributed by atoms with Crippen LogP contribution in [0.25, 0.3) is 0 Å². The number of ether oxygens (including phenoxy) is 1. The topological polar surface area (TPSA) is 49.8 Å². The fourth-order valence-corrected chi connectivity index (χ4v) is 2.78. The van der Waals surface area contributed by atoms with Crippen LogP contribution in [0.4, 0.5) is 0 Å². The average molecular weight is 241 g/mol. The van der Waals surface area contributed by atoms with Crippen molar-refractivity contribution in [3.05, 3.63) is 16.3 Å². The zero-order valence-electron chi connectivity index (χ0n) is 9.18. The molecule has 5 heteroatoms. The number of likely N-dealkylation sites (tertiary alicyclic amines) is 1. The highest BCUT2D eigenvalue weighted by Gasteiger charge is 2.29. The van der Waals surface area contributed by atoms with Crippen molar-refractivity contribution in [2.24, 2.45) is 0 Å². The zero-order valence-corrected chi connectivity index (χ0v) is 10.00. The molecule has 1 aliphatic heterocycles. The molecule has 1 aliphatic rings. The van der Waals surface area contributed by atoms with Gasteiger partial charge in [0.25, 0.3) is 5.91 Å². The Morgan fingerprint density at radius 3 is 3.19 bits per heavy atom. The molecule has 2 rings (SSSR count). The van der Waals surface area contributed by atoms with Gasteiger partial charge in [0.2, 0.25) is 0 Å². The van der Waals surface area contributed by atoms with Gasteiger partial charge in [0.1, 0.15) is 5.75 Å². The summed E-state index contributed by atoms with van der Waals surface area (Å²) in [7, 11) is 1.59. The lowest BCUT2D eigenvalue weighted by Crippen LogP contribution is -2.37. The smallest absolute Gasteiger partial charge is 0.264 e. The summed E-state index contributed by atoms with van der Waals surface area (Å²) < 4.78 is 5.05. The summed E-state index contributed by atoms with van der Waals surface area (Å²) in [5.74, 6) is 0.720. The van der Waals surface area contributed by atoms with Gasteiger partial charge in [-0.2, -0.15) is 0 Å². The summed E-state index contributed by atoms with van der Waals surface area (Å²) in [5, 5.41) is 11.0. The van der Waals surface area contributed by atoms with Gasteiger partial charge < -0.3 is 14.7 Å². The second-order valence-electron chi connectivity index (χ2n) is 3.83. The molecule has 1 aromatic rings. The molecule has 1 N–H and O–H groups in total. The molecule has 0 radical (unpaired) electrons. The van der Waals surface area contributed by atoms with Crippen molar-refractivity contribution in [1.82, 2.24) is 4.90 Å². The van der Waals surface area contributed by atoms with Crippen LogP contribution in [0.5, 0.6) is 5.75 Å². The Labute approximate surface area is 98.4 Å². The van der Waals surface area contributed by atoms with Gasteiger partial charge >= 0.3 is 0 Å². The fraction of sp³-hybridized carbons (Fsp3) is 0.545. The van der Waals surface area contributed by atoms with E-state index in [9.17, 15) is 4.79 Å². The van der Waals surface area contributed by atoms with E-state index in [4.69, 9.17) is 9.84 Å². The summed E-state index contributed by atoms with van der Waals surface area (Å²) in [6.07, 6.45) is 1.87. The van der Waals surface area contributed by atoms with Crippen molar-refractivity contribution in [2.45, 2.75) is 18.9 Å². The number of rotatable bonds is 3. The highest BCUT2D eigenvalue weighted by atomic mass is 32.1. The lowest BCUT2D eigenvalue weighted by Gasteiger charge is -2.22. The Bertz CT molecular complexity index is 377. The molecule has 1 saturated heterocycles. The van der Waals surface area contributed by atoms with Crippen LogP contribution in [0.3, 0.4) is 0 Å². The number of aliphatic hydroxyl groups excluding tert-OH is 1. The maximum atomic E-state index is 12.1. The van der Waals surface area contributed by atoms with E-state index in [1.807, 2.05) is 5.38 Å². The number of methoxy groups -OCH3 is 1. The minimum atomic E-state index is -0.0133. The molecule has 1 amide bonds. The van der Waals surface area contributed by atoms with Crippen molar-refractivity contribution in [1.29, 1.82) is 0 Å². The predicted octanol–water partition coefficient (Wildman–Crippen LogP) is 1.35. The summed E-state index contributed by atoms with van der Waals surface area (Å²) in [6, 6.07) is 1.74. The van der Waals surface area contributed by atoms with E-state index in [1.54, 1.807) is 18.1 Å². The van der Waals surface area contributed by atoms with Crippen LogP contribution in [0, 0.1) is 0 Å². The van der Waals surface area contributed by atoms with Gasteiger partial charge in [-0.15, -0.1) is 11.3 Å². The quantitative estimate of drug-likeness (QED) is 0.869. The normalized spacial score (nSPS) is 20.1. The van der Waals surface area contributed by atoms with Gasteiger partial charge in [-0.3, -0.25) is 4.79 Å². The molecular weight excluding hydrogens is 226 g/mol. The van der Waals surface area contributed by atoms with E-state index in [-0.39, 0.29) is 18.6 Å². The van der Waals surface area contributed by atoms with Crippen molar-refractivity contribution < 1.29 is 14.6 Å². The van der Waals surface area contributed by atoms with Crippen molar-refractivity contribution in [3.63, 3.8) is 0 Å². The Morgan fingerprint density at radius 1 is 1.75 bits per heavy atom. The van der Waals surface area contributed by atoms with Crippen LogP contribution in [0.2, 0.25) is 0 Å². The molecule has 1 atom stereocenters. The van der Waals surface area contributed by atoms with E-state index in [0.29, 0.717) is 10.6 Å². The first-order valence-electron chi connectivity index (χ1n) is 5.30. The number of amides is 1. The third kappa shape index (κ3) is 2.05. The first-order valence-corrected chi connectivity index (χ1v) is 6.18. The highest BCUT2D eigenvalue weighted by Crippen LogP contribution is 2.26. The second-order valence-corrected chi connectivity index (χ2v) is 4.74. The molecule has 16 heavy (non-hydrogen) atoms. The number of carbonyl (C=O) groups is 1. The number of nitrogens with zero attached hydrogens (tertiary/aromatic N) is 1. The lowest BCUT2D eigenvalue weighted by molar-refractivity contribution is 0.0682. The maximum Gasteiger partial charge on any atom is 0.264 e. The summed E-state index contributed by atoms with van der Waals surface area (Å²) >= 11 is 1.38. The first-order chi connectivity index (χ1) is 7.76. The molecule has 0 unspecified atom stereocenters. The largest absolute Gasteiger partial charge is 0.496 e. The minimum absolute atomic E-state index is 0.00449. The van der Waals surface area contributed by atoms with Crippen LogP contribution in [0.15, 0.2) is 11.4 Å². The molecule has 0 aromatic carbocycles. The van der Waals surface area contributed by atoms with Gasteiger partial charge in [-0.25, -0.2) is 0 Å². The maximum absolute atomic E-state index is 12.1. The first kappa shape index (κ1) is 11.4. The molecule has 88 valence electrons. The van der Waals surface area contributed by atoms with Crippen molar-refractivity contribution >= 4 is 17.2 Å². The molecule has 0 spiro atoms. The van der Waals surface area contributed by atoms with E-state index >= 15 is 0 Å². The Balaban J connectivity index is 2.12. The molecular formula is C11H15NO3S. The summed E-state index contributed by atoms with van der Waals surface area (Å²) in [4.78, 5) is 14.5. The second kappa shape index (κ2) is 4.84. The molecule has 0 aliphatic carbocycles. The molecule has 1 aromatic heterocycles. The van der Waals surface area contributed by atoms with E-state index < -0.39 is 0 Å². The highest BCUT2D eigenvalue weighted by molar-refractivity contribution is 7.12. The Morgan fingerprint density at radius 2 is 2.56 bits per heavy atom. The van der Waals surface area contributed by atoms with Gasteiger partial charge in [0.05, 0.1) is 24.6 Å². The standard InChI is InChI=1S/C11H15NO3S/c1-15-9-5-10(16-7-9)11(14)12-4-2-3-8(12)6-13/h5,7-8,13H,2-4,6H2,1H3/t8-/m1/s1. The molecule has 0 saturated carbocycles. The lowest BCUT2D eigenvalue weighted by atomic mass is 10.2. The van der Waals surface area contributed by atoms with Crippen molar-refractivity contribution in [3.8, 4) is 5.75 Å². The monoisotopic (exact) mass is 241 g/mol. The Kier molecular flexibility index (Phi) is 3.46. The van der Waals surface area contributed by atoms with E-state index in [0.717, 1.165) is 19.4 Å². The Hall–Kier alpha value is -1.07. The van der Waals surface area contributed by atoms with Crippen LogP contribution in [0.1, 0.15) is 22.5 Å². The number of hydrogen-bond acceptors (Lipinski definition) is 4. The van der Waals surface area contributed by atoms with Crippen LogP contribution < -0.4 is 4.74 Å². The number of hydrogen-bond donors (Lipinski definition) is 1. The number of carbonyl (C=O) groups excluding carboxylic acids is 1. The molecule has 1 fully saturated rings. The summed E-state index contributed by atoms with van der Waals surface area (Å²) in [5.41, 5.74) is 0. The third-order valence-electron chi connectivity index (χ3n) is 2.87. The van der Waals surface area contributed by atoms with E-state index in [2.05, 4.69) is 0 Å². The van der Waals surface area contributed by atoms with E-state index in [1.165, 1.54) is 11.3 Å².